The molecule has 20 heavy (non-hydrogen) atoms. The van der Waals surface area contributed by atoms with Gasteiger partial charge in [0.05, 0.1) is 17.7 Å². The number of aromatic carboxylic acids is 1. The maximum absolute atomic E-state index is 11.7. The molecule has 1 aromatic carbocycles. The third-order valence-electron chi connectivity index (χ3n) is 2.70. The van der Waals surface area contributed by atoms with Gasteiger partial charge in [-0.25, -0.2) is 4.79 Å². The molecule has 1 rings (SSSR count). The Morgan fingerprint density at radius 2 is 1.95 bits per heavy atom. The molecular weight excluding hydrogens is 262 g/mol. The standard InChI is InChI=1S/C14H19NO5/c1-15-13(16)11-6-5-10(14(17)18)9-12(11)20-8-4-3-7-19-2/h5-6,9H,3-4,7-8H2,1-2H3,(H,15,16)(H,17,18). The first-order valence-corrected chi connectivity index (χ1v) is 6.31. The minimum atomic E-state index is -1.06. The summed E-state index contributed by atoms with van der Waals surface area (Å²) in [5.41, 5.74) is 0.411. The normalized spacial score (nSPS) is 10.1. The molecule has 110 valence electrons. The molecule has 1 amide bonds. The van der Waals surface area contributed by atoms with Crippen LogP contribution in [0, 0.1) is 0 Å². The van der Waals surface area contributed by atoms with Gasteiger partial charge in [0.1, 0.15) is 5.75 Å². The third kappa shape index (κ3) is 4.55. The number of hydrogen-bond donors (Lipinski definition) is 2. The molecule has 0 saturated heterocycles. The monoisotopic (exact) mass is 281 g/mol. The molecule has 0 saturated carbocycles. The molecule has 0 aliphatic rings. The van der Waals surface area contributed by atoms with E-state index in [0.29, 0.717) is 18.8 Å². The van der Waals surface area contributed by atoms with Gasteiger partial charge in [0, 0.05) is 20.8 Å². The predicted octanol–water partition coefficient (Wildman–Crippen LogP) is 1.55. The summed E-state index contributed by atoms with van der Waals surface area (Å²) in [7, 11) is 3.14. The summed E-state index contributed by atoms with van der Waals surface area (Å²) in [4.78, 5) is 22.6. The molecule has 1 aromatic rings. The second-order valence-corrected chi connectivity index (χ2v) is 4.14. The summed E-state index contributed by atoms with van der Waals surface area (Å²) in [5.74, 6) is -1.09. The lowest BCUT2D eigenvalue weighted by molar-refractivity contribution is 0.0695. The third-order valence-corrected chi connectivity index (χ3v) is 2.70. The Balaban J connectivity index is 2.80. The Labute approximate surface area is 117 Å². The fourth-order valence-corrected chi connectivity index (χ4v) is 1.63. The van der Waals surface area contributed by atoms with E-state index in [-0.39, 0.29) is 17.2 Å². The SMILES string of the molecule is CNC(=O)c1ccc(C(=O)O)cc1OCCCCOC. The Bertz CT molecular complexity index is 473. The number of nitrogens with one attached hydrogen (secondary N) is 1. The number of ether oxygens (including phenoxy) is 2. The lowest BCUT2D eigenvalue weighted by Crippen LogP contribution is -2.19. The fourth-order valence-electron chi connectivity index (χ4n) is 1.63. The number of unbranched alkanes of at least 4 members (excludes halogenated alkanes) is 1. The zero-order valence-electron chi connectivity index (χ0n) is 11.6. The van der Waals surface area contributed by atoms with Crippen molar-refractivity contribution in [1.29, 1.82) is 0 Å². The number of methoxy groups -OCH3 is 1. The van der Waals surface area contributed by atoms with Gasteiger partial charge in [-0.15, -0.1) is 0 Å². The Hall–Kier alpha value is -2.08. The van der Waals surface area contributed by atoms with E-state index in [2.05, 4.69) is 5.32 Å². The topological polar surface area (TPSA) is 84.9 Å². The summed E-state index contributed by atoms with van der Waals surface area (Å²) < 4.78 is 10.4. The van der Waals surface area contributed by atoms with E-state index in [9.17, 15) is 9.59 Å². The highest BCUT2D eigenvalue weighted by Gasteiger charge is 2.14. The summed E-state index contributed by atoms with van der Waals surface area (Å²) in [5, 5.41) is 11.5. The predicted molar refractivity (Wildman–Crippen MR) is 73.4 cm³/mol. The molecule has 0 heterocycles. The van der Waals surface area contributed by atoms with E-state index in [4.69, 9.17) is 14.6 Å². The Morgan fingerprint density at radius 1 is 1.25 bits per heavy atom. The zero-order valence-corrected chi connectivity index (χ0v) is 11.6. The molecule has 6 heteroatoms. The van der Waals surface area contributed by atoms with Crippen LogP contribution in [0.25, 0.3) is 0 Å². The maximum atomic E-state index is 11.7. The summed E-state index contributed by atoms with van der Waals surface area (Å²) in [6.45, 7) is 1.04. The number of carbonyl (C=O) groups is 2. The molecule has 0 aliphatic carbocycles. The minimum Gasteiger partial charge on any atom is -0.493 e. The first-order valence-electron chi connectivity index (χ1n) is 6.31. The molecule has 0 atom stereocenters. The van der Waals surface area contributed by atoms with Gasteiger partial charge in [-0.3, -0.25) is 4.79 Å². The van der Waals surface area contributed by atoms with Gasteiger partial charge >= 0.3 is 5.97 Å². The van der Waals surface area contributed by atoms with Crippen molar-refractivity contribution in [2.75, 3.05) is 27.4 Å². The number of benzene rings is 1. The van der Waals surface area contributed by atoms with E-state index >= 15 is 0 Å². The van der Waals surface area contributed by atoms with E-state index in [1.807, 2.05) is 0 Å². The van der Waals surface area contributed by atoms with Crippen LogP contribution in [0.1, 0.15) is 33.6 Å². The first-order chi connectivity index (χ1) is 9.60. The molecule has 0 radical (unpaired) electrons. The van der Waals surface area contributed by atoms with Gasteiger partial charge in [0.15, 0.2) is 0 Å². The number of rotatable bonds is 8. The van der Waals surface area contributed by atoms with Crippen LogP contribution < -0.4 is 10.1 Å². The number of hydrogen-bond acceptors (Lipinski definition) is 4. The van der Waals surface area contributed by atoms with Crippen molar-refractivity contribution in [1.82, 2.24) is 5.32 Å². The van der Waals surface area contributed by atoms with Gasteiger partial charge in [-0.1, -0.05) is 0 Å². The highest BCUT2D eigenvalue weighted by Crippen LogP contribution is 2.21. The summed E-state index contributed by atoms with van der Waals surface area (Å²) in [6.07, 6.45) is 1.60. The fraction of sp³-hybridized carbons (Fsp3) is 0.429. The van der Waals surface area contributed by atoms with Crippen molar-refractivity contribution < 1.29 is 24.2 Å². The molecule has 0 aromatic heterocycles. The van der Waals surface area contributed by atoms with Gasteiger partial charge < -0.3 is 19.9 Å². The van der Waals surface area contributed by atoms with Crippen molar-refractivity contribution >= 4 is 11.9 Å². The quantitative estimate of drug-likeness (QED) is 0.706. The van der Waals surface area contributed by atoms with Crippen LogP contribution in [-0.2, 0) is 4.74 Å². The van der Waals surface area contributed by atoms with Crippen LogP contribution in [-0.4, -0.2) is 44.4 Å². The van der Waals surface area contributed by atoms with E-state index in [1.54, 1.807) is 7.11 Å². The van der Waals surface area contributed by atoms with Crippen molar-refractivity contribution in [3.8, 4) is 5.75 Å². The Kier molecular flexibility index (Phi) is 6.52. The van der Waals surface area contributed by atoms with Crippen LogP contribution >= 0.6 is 0 Å². The maximum Gasteiger partial charge on any atom is 0.335 e. The van der Waals surface area contributed by atoms with E-state index < -0.39 is 5.97 Å². The molecule has 0 fully saturated rings. The van der Waals surface area contributed by atoms with Gasteiger partial charge in [-0.2, -0.15) is 0 Å². The van der Waals surface area contributed by atoms with Crippen LogP contribution in [0.3, 0.4) is 0 Å². The van der Waals surface area contributed by atoms with Gasteiger partial charge in [0.25, 0.3) is 5.91 Å². The van der Waals surface area contributed by atoms with E-state index in [1.165, 1.54) is 25.2 Å². The minimum absolute atomic E-state index is 0.0875. The number of carbonyl (C=O) groups excluding carboxylic acids is 1. The van der Waals surface area contributed by atoms with Crippen LogP contribution in [0.2, 0.25) is 0 Å². The summed E-state index contributed by atoms with van der Waals surface area (Å²) >= 11 is 0. The molecule has 6 nitrogen and oxygen atoms in total. The average molecular weight is 281 g/mol. The molecular formula is C14H19NO5. The van der Waals surface area contributed by atoms with Crippen molar-refractivity contribution in [3.63, 3.8) is 0 Å². The second-order valence-electron chi connectivity index (χ2n) is 4.14. The Morgan fingerprint density at radius 3 is 2.55 bits per heavy atom. The average Bonchev–Trinajstić information content (AvgIpc) is 2.46. The number of carboxylic acid groups (broad SMARTS) is 1. The number of amides is 1. The first kappa shape index (κ1) is 16.0. The van der Waals surface area contributed by atoms with Crippen molar-refractivity contribution in [2.45, 2.75) is 12.8 Å². The molecule has 0 spiro atoms. The number of carboxylic acids is 1. The smallest absolute Gasteiger partial charge is 0.335 e. The molecule has 0 bridgehead atoms. The van der Waals surface area contributed by atoms with Crippen molar-refractivity contribution in [2.24, 2.45) is 0 Å². The highest BCUT2D eigenvalue weighted by atomic mass is 16.5. The van der Waals surface area contributed by atoms with Crippen molar-refractivity contribution in [3.05, 3.63) is 29.3 Å². The lowest BCUT2D eigenvalue weighted by atomic mass is 10.1. The van der Waals surface area contributed by atoms with Gasteiger partial charge in [-0.05, 0) is 31.0 Å². The van der Waals surface area contributed by atoms with E-state index in [0.717, 1.165) is 12.8 Å². The lowest BCUT2D eigenvalue weighted by Gasteiger charge is -2.11. The second kappa shape index (κ2) is 8.16. The molecule has 2 N–H and O–H groups in total. The molecule has 0 aliphatic heterocycles. The highest BCUT2D eigenvalue weighted by molar-refractivity contribution is 5.98. The summed E-state index contributed by atoms with van der Waals surface area (Å²) in [6, 6.07) is 4.20. The van der Waals surface area contributed by atoms with Crippen LogP contribution in [0.15, 0.2) is 18.2 Å². The zero-order chi connectivity index (χ0) is 15.0. The van der Waals surface area contributed by atoms with Gasteiger partial charge in [0.2, 0.25) is 0 Å². The molecule has 0 unspecified atom stereocenters. The van der Waals surface area contributed by atoms with Crippen LogP contribution in [0.4, 0.5) is 0 Å². The van der Waals surface area contributed by atoms with Crippen LogP contribution in [0.5, 0.6) is 5.75 Å². The largest absolute Gasteiger partial charge is 0.493 e.